The van der Waals surface area contributed by atoms with E-state index in [-0.39, 0.29) is 12.2 Å². The molecule has 0 fully saturated rings. The first kappa shape index (κ1) is 15.0. The second-order valence-electron chi connectivity index (χ2n) is 4.86. The van der Waals surface area contributed by atoms with Crippen molar-refractivity contribution in [3.05, 3.63) is 51.6 Å². The Morgan fingerprint density at radius 3 is 2.75 bits per heavy atom. The van der Waals surface area contributed by atoms with Crippen molar-refractivity contribution in [3.8, 4) is 0 Å². The van der Waals surface area contributed by atoms with Gasteiger partial charge in [-0.1, -0.05) is 29.8 Å². The molecule has 5 heteroatoms. The lowest BCUT2D eigenvalue weighted by molar-refractivity contribution is 0.170. The predicted octanol–water partition coefficient (Wildman–Crippen LogP) is 3.59. The Kier molecular flexibility index (Phi) is 4.45. The second kappa shape index (κ2) is 5.94. The number of aliphatic hydroxyl groups excluding tert-OH is 1. The number of halogens is 2. The molecule has 0 amide bonds. The van der Waals surface area contributed by atoms with Crippen LogP contribution in [-0.4, -0.2) is 14.9 Å². The first-order valence-electron chi connectivity index (χ1n) is 6.60. The third-order valence-corrected chi connectivity index (χ3v) is 3.91. The minimum atomic E-state index is -0.936. The van der Waals surface area contributed by atoms with Crippen LogP contribution in [0.5, 0.6) is 0 Å². The fourth-order valence-electron chi connectivity index (χ4n) is 2.28. The van der Waals surface area contributed by atoms with Gasteiger partial charge in [-0.2, -0.15) is 5.10 Å². The topological polar surface area (TPSA) is 38.0 Å². The monoisotopic (exact) mass is 296 g/mol. The van der Waals surface area contributed by atoms with Crippen LogP contribution in [0.1, 0.15) is 35.5 Å². The summed E-state index contributed by atoms with van der Waals surface area (Å²) in [5, 5.41) is 15.1. The van der Waals surface area contributed by atoms with Crippen molar-refractivity contribution in [2.45, 2.75) is 39.8 Å². The molecule has 0 saturated heterocycles. The average Bonchev–Trinajstić information content (AvgIpc) is 2.69. The van der Waals surface area contributed by atoms with E-state index in [1.165, 1.54) is 0 Å². The molecule has 1 N–H and O–H groups in total. The van der Waals surface area contributed by atoms with Crippen molar-refractivity contribution < 1.29 is 9.50 Å². The van der Waals surface area contributed by atoms with Gasteiger partial charge in [0.1, 0.15) is 5.82 Å². The van der Waals surface area contributed by atoms with Crippen molar-refractivity contribution in [1.29, 1.82) is 0 Å². The number of rotatable bonds is 4. The summed E-state index contributed by atoms with van der Waals surface area (Å²) in [6.07, 6.45) is -0.692. The predicted molar refractivity (Wildman–Crippen MR) is 77.4 cm³/mol. The molecule has 3 nitrogen and oxygen atoms in total. The highest BCUT2D eigenvalue weighted by molar-refractivity contribution is 6.31. The normalized spacial score (nSPS) is 12.7. The molecule has 1 aromatic heterocycles. The lowest BCUT2D eigenvalue weighted by Crippen LogP contribution is -2.10. The quantitative estimate of drug-likeness (QED) is 0.936. The number of nitrogens with zero attached hydrogens (tertiary/aromatic N) is 2. The Balaban J connectivity index is 2.32. The summed E-state index contributed by atoms with van der Waals surface area (Å²) in [5.74, 6) is -0.365. The summed E-state index contributed by atoms with van der Waals surface area (Å²) < 4.78 is 15.8. The second-order valence-corrected chi connectivity index (χ2v) is 5.24. The summed E-state index contributed by atoms with van der Waals surface area (Å²) in [4.78, 5) is 0. The van der Waals surface area contributed by atoms with Gasteiger partial charge >= 0.3 is 0 Å². The van der Waals surface area contributed by atoms with Crippen molar-refractivity contribution >= 4 is 11.6 Å². The van der Waals surface area contributed by atoms with Gasteiger partial charge in [0.05, 0.1) is 22.5 Å². The van der Waals surface area contributed by atoms with Crippen LogP contribution in [0, 0.1) is 19.7 Å². The Labute approximate surface area is 123 Å². The molecule has 0 aliphatic heterocycles. The molecule has 0 spiro atoms. The Morgan fingerprint density at radius 2 is 2.10 bits per heavy atom. The minimum Gasteiger partial charge on any atom is -0.388 e. The van der Waals surface area contributed by atoms with Gasteiger partial charge in [0.2, 0.25) is 0 Å². The number of hydrogen-bond donors (Lipinski definition) is 1. The SMILES string of the molecule is CCn1nc(C)c(Cl)c1CC(O)c1cccc(C)c1F. The molecule has 0 radical (unpaired) electrons. The van der Waals surface area contributed by atoms with Crippen LogP contribution in [0.15, 0.2) is 18.2 Å². The van der Waals surface area contributed by atoms with Crippen LogP contribution in [0.3, 0.4) is 0 Å². The van der Waals surface area contributed by atoms with E-state index in [1.54, 1.807) is 29.8 Å². The zero-order chi connectivity index (χ0) is 14.9. The van der Waals surface area contributed by atoms with E-state index in [4.69, 9.17) is 11.6 Å². The van der Waals surface area contributed by atoms with Gasteiger partial charge in [-0.25, -0.2) is 4.39 Å². The smallest absolute Gasteiger partial charge is 0.131 e. The van der Waals surface area contributed by atoms with Gasteiger partial charge in [0.15, 0.2) is 0 Å². The van der Waals surface area contributed by atoms with Gasteiger partial charge in [0, 0.05) is 18.5 Å². The maximum absolute atomic E-state index is 14.0. The van der Waals surface area contributed by atoms with Gasteiger partial charge in [-0.15, -0.1) is 0 Å². The van der Waals surface area contributed by atoms with E-state index in [9.17, 15) is 9.50 Å². The molecule has 1 unspecified atom stereocenters. The molecule has 1 heterocycles. The summed E-state index contributed by atoms with van der Waals surface area (Å²) in [6, 6.07) is 5.01. The molecule has 108 valence electrons. The molecule has 0 bridgehead atoms. The zero-order valence-electron chi connectivity index (χ0n) is 11.8. The maximum Gasteiger partial charge on any atom is 0.131 e. The van der Waals surface area contributed by atoms with Crippen LogP contribution in [-0.2, 0) is 13.0 Å². The fraction of sp³-hybridized carbons (Fsp3) is 0.400. The van der Waals surface area contributed by atoms with Crippen molar-refractivity contribution in [2.24, 2.45) is 0 Å². The molecule has 1 atom stereocenters. The largest absolute Gasteiger partial charge is 0.388 e. The Bertz CT molecular complexity index is 625. The highest BCUT2D eigenvalue weighted by Gasteiger charge is 2.20. The van der Waals surface area contributed by atoms with Crippen LogP contribution in [0.4, 0.5) is 4.39 Å². The molecule has 2 aromatic rings. The fourth-order valence-corrected chi connectivity index (χ4v) is 2.50. The van der Waals surface area contributed by atoms with Crippen molar-refractivity contribution in [2.75, 3.05) is 0 Å². The highest BCUT2D eigenvalue weighted by Crippen LogP contribution is 2.28. The minimum absolute atomic E-state index is 0.244. The van der Waals surface area contributed by atoms with E-state index < -0.39 is 6.10 Å². The molecular weight excluding hydrogens is 279 g/mol. The van der Waals surface area contributed by atoms with E-state index in [0.29, 0.717) is 22.7 Å². The number of aliphatic hydroxyl groups is 1. The lowest BCUT2D eigenvalue weighted by Gasteiger charge is -2.14. The van der Waals surface area contributed by atoms with Crippen molar-refractivity contribution in [1.82, 2.24) is 9.78 Å². The number of aromatic nitrogens is 2. The van der Waals surface area contributed by atoms with Crippen molar-refractivity contribution in [3.63, 3.8) is 0 Å². The number of hydrogen-bond acceptors (Lipinski definition) is 2. The van der Waals surface area contributed by atoms with E-state index in [0.717, 1.165) is 11.4 Å². The molecule has 0 aliphatic carbocycles. The lowest BCUT2D eigenvalue weighted by atomic mass is 10.0. The van der Waals surface area contributed by atoms with Gasteiger partial charge < -0.3 is 5.11 Å². The molecule has 1 aromatic carbocycles. The van der Waals surface area contributed by atoms with E-state index in [2.05, 4.69) is 5.10 Å². The number of benzene rings is 1. The molecular formula is C15H18ClFN2O. The maximum atomic E-state index is 14.0. The van der Waals surface area contributed by atoms with Gasteiger partial charge in [-0.05, 0) is 26.3 Å². The standard InChI is InChI=1S/C15H18ClFN2O/c1-4-19-12(14(16)10(3)18-19)8-13(20)11-7-5-6-9(2)15(11)17/h5-7,13,20H,4,8H2,1-3H3. The number of aryl methyl sites for hydroxylation is 3. The van der Waals surface area contributed by atoms with Gasteiger partial charge in [0.25, 0.3) is 0 Å². The van der Waals surface area contributed by atoms with Crippen LogP contribution in [0.25, 0.3) is 0 Å². The zero-order valence-corrected chi connectivity index (χ0v) is 12.6. The van der Waals surface area contributed by atoms with Crippen LogP contribution in [0.2, 0.25) is 5.02 Å². The Hall–Kier alpha value is -1.39. The van der Waals surface area contributed by atoms with E-state index in [1.807, 2.05) is 13.8 Å². The Morgan fingerprint density at radius 1 is 1.40 bits per heavy atom. The average molecular weight is 297 g/mol. The van der Waals surface area contributed by atoms with Gasteiger partial charge in [-0.3, -0.25) is 4.68 Å². The first-order valence-corrected chi connectivity index (χ1v) is 6.98. The summed E-state index contributed by atoms with van der Waals surface area (Å²) in [7, 11) is 0. The van der Waals surface area contributed by atoms with Crippen LogP contribution >= 0.6 is 11.6 Å². The summed E-state index contributed by atoms with van der Waals surface area (Å²) in [6.45, 7) is 6.11. The molecule has 0 aliphatic rings. The summed E-state index contributed by atoms with van der Waals surface area (Å²) in [5.41, 5.74) is 2.27. The highest BCUT2D eigenvalue weighted by atomic mass is 35.5. The third-order valence-electron chi connectivity index (χ3n) is 3.42. The first-order chi connectivity index (χ1) is 9.45. The molecule has 20 heavy (non-hydrogen) atoms. The summed E-state index contributed by atoms with van der Waals surface area (Å²) >= 11 is 6.21. The van der Waals surface area contributed by atoms with E-state index >= 15 is 0 Å². The molecule has 2 rings (SSSR count). The molecule has 0 saturated carbocycles. The van der Waals surface area contributed by atoms with Crippen LogP contribution < -0.4 is 0 Å². The third kappa shape index (κ3) is 2.72.